The van der Waals surface area contributed by atoms with Gasteiger partial charge in [0.2, 0.25) is 0 Å². The first kappa shape index (κ1) is 31.3. The molecule has 50 heavy (non-hydrogen) atoms. The molecule has 8 aromatic carbocycles. The number of nitrogens with zero attached hydrogens (tertiary/aromatic N) is 2. The van der Waals surface area contributed by atoms with E-state index in [2.05, 4.69) is 147 Å². The number of rotatable bonds is 8. The third kappa shape index (κ3) is 5.07. The van der Waals surface area contributed by atoms with Crippen LogP contribution in [0.1, 0.15) is 22.3 Å². The zero-order valence-corrected chi connectivity index (χ0v) is 29.4. The Kier molecular flexibility index (Phi) is 7.80. The van der Waals surface area contributed by atoms with Gasteiger partial charge in [0, 0.05) is 22.1 Å². The summed E-state index contributed by atoms with van der Waals surface area (Å²) in [6.07, 6.45) is 0. The summed E-state index contributed by atoms with van der Waals surface area (Å²) in [6, 6.07) is 48.1. The summed E-state index contributed by atoms with van der Waals surface area (Å²) < 4.78 is 11.1. The highest BCUT2D eigenvalue weighted by molar-refractivity contribution is 6.28. The molecule has 0 amide bonds. The SMILES string of the molecule is COc1ccc(N(c2c(C)cccc2C)c2ccc3ccc4c(N(c5ccc(OC)cc5)c5c(C)cccc5C)ccc5ccc2c3c54)cc1. The van der Waals surface area contributed by atoms with Crippen molar-refractivity contribution < 1.29 is 9.47 Å². The highest BCUT2D eigenvalue weighted by Crippen LogP contribution is 2.49. The number of para-hydroxylation sites is 2. The second kappa shape index (κ2) is 12.5. The van der Waals surface area contributed by atoms with Crippen LogP contribution in [0.5, 0.6) is 11.5 Å². The molecule has 0 atom stereocenters. The Bertz CT molecular complexity index is 2280. The van der Waals surface area contributed by atoms with E-state index >= 15 is 0 Å². The first-order valence-corrected chi connectivity index (χ1v) is 17.1. The standard InChI is InChI=1S/C46H40N2O2/c1-29-9-7-10-30(2)45(29)47(35-17-21-37(49-5)22-18-35)41-27-15-33-14-26-40-42(28-16-34-13-25-39(41)43(33)44(34)40)48(36-19-23-38(50-6)24-20-36)46-31(3)11-8-12-32(46)4/h7-28H,1-6H3. The van der Waals surface area contributed by atoms with Gasteiger partial charge < -0.3 is 19.3 Å². The highest BCUT2D eigenvalue weighted by Gasteiger charge is 2.24. The van der Waals surface area contributed by atoms with E-state index in [1.807, 2.05) is 24.3 Å². The van der Waals surface area contributed by atoms with Crippen LogP contribution in [0.2, 0.25) is 0 Å². The number of benzene rings is 8. The van der Waals surface area contributed by atoms with Crippen LogP contribution in [0.15, 0.2) is 133 Å². The van der Waals surface area contributed by atoms with E-state index in [-0.39, 0.29) is 0 Å². The normalized spacial score (nSPS) is 11.4. The Labute approximate surface area is 294 Å². The highest BCUT2D eigenvalue weighted by atomic mass is 16.5. The maximum absolute atomic E-state index is 5.55. The Morgan fingerprint density at radius 3 is 1.06 bits per heavy atom. The van der Waals surface area contributed by atoms with E-state index in [9.17, 15) is 0 Å². The van der Waals surface area contributed by atoms with Crippen LogP contribution in [-0.4, -0.2) is 14.2 Å². The van der Waals surface area contributed by atoms with E-state index in [4.69, 9.17) is 9.47 Å². The predicted molar refractivity (Wildman–Crippen MR) is 212 cm³/mol. The first-order chi connectivity index (χ1) is 24.4. The molecule has 8 rings (SSSR count). The van der Waals surface area contributed by atoms with Gasteiger partial charge in [-0.3, -0.25) is 0 Å². The molecule has 0 aliphatic rings. The van der Waals surface area contributed by atoms with Crippen LogP contribution in [0.4, 0.5) is 34.1 Å². The number of ether oxygens (including phenoxy) is 2. The van der Waals surface area contributed by atoms with E-state index in [1.165, 1.54) is 65.9 Å². The number of aryl methyl sites for hydroxylation is 4. The smallest absolute Gasteiger partial charge is 0.119 e. The third-order valence-corrected chi connectivity index (χ3v) is 10.1. The molecule has 0 saturated heterocycles. The first-order valence-electron chi connectivity index (χ1n) is 17.1. The lowest BCUT2D eigenvalue weighted by Gasteiger charge is -2.31. The molecule has 4 heteroatoms. The molecule has 8 aromatic rings. The minimum atomic E-state index is 0.837. The van der Waals surface area contributed by atoms with Crippen LogP contribution in [-0.2, 0) is 0 Å². The molecule has 4 nitrogen and oxygen atoms in total. The molecule has 0 aliphatic heterocycles. The lowest BCUT2D eigenvalue weighted by Crippen LogP contribution is -2.14. The fourth-order valence-electron chi connectivity index (χ4n) is 7.72. The summed E-state index contributed by atoms with van der Waals surface area (Å²) in [4.78, 5) is 4.83. The van der Waals surface area contributed by atoms with Gasteiger partial charge in [-0.05, 0) is 132 Å². The van der Waals surface area contributed by atoms with Crippen LogP contribution in [0, 0.1) is 27.7 Å². The lowest BCUT2D eigenvalue weighted by molar-refractivity contribution is 0.414. The number of methoxy groups -OCH3 is 2. The van der Waals surface area contributed by atoms with Crippen molar-refractivity contribution in [2.24, 2.45) is 0 Å². The molecule has 0 saturated carbocycles. The summed E-state index contributed by atoms with van der Waals surface area (Å²) >= 11 is 0. The summed E-state index contributed by atoms with van der Waals surface area (Å²) in [5, 5.41) is 7.38. The molecule has 0 fully saturated rings. The van der Waals surface area contributed by atoms with Crippen molar-refractivity contribution in [3.05, 3.63) is 156 Å². The Balaban J connectivity index is 1.42. The quantitative estimate of drug-likeness (QED) is 0.153. The average Bonchev–Trinajstić information content (AvgIpc) is 3.14. The van der Waals surface area contributed by atoms with Gasteiger partial charge in [-0.25, -0.2) is 0 Å². The van der Waals surface area contributed by atoms with E-state index in [0.29, 0.717) is 0 Å². The van der Waals surface area contributed by atoms with Crippen molar-refractivity contribution in [3.8, 4) is 11.5 Å². The van der Waals surface area contributed by atoms with Crippen LogP contribution >= 0.6 is 0 Å². The van der Waals surface area contributed by atoms with E-state index in [1.54, 1.807) is 14.2 Å². The van der Waals surface area contributed by atoms with Crippen molar-refractivity contribution in [3.63, 3.8) is 0 Å². The zero-order valence-electron chi connectivity index (χ0n) is 29.4. The van der Waals surface area contributed by atoms with Gasteiger partial charge in [0.25, 0.3) is 0 Å². The molecule has 0 unspecified atom stereocenters. The van der Waals surface area contributed by atoms with Crippen LogP contribution < -0.4 is 19.3 Å². The fraction of sp³-hybridized carbons (Fsp3) is 0.130. The molecule has 0 bridgehead atoms. The largest absolute Gasteiger partial charge is 0.497 e. The molecule has 0 N–H and O–H groups in total. The Morgan fingerprint density at radius 1 is 0.380 bits per heavy atom. The molecule has 246 valence electrons. The zero-order chi connectivity index (χ0) is 34.5. The van der Waals surface area contributed by atoms with Crippen molar-refractivity contribution in [1.82, 2.24) is 0 Å². The third-order valence-electron chi connectivity index (χ3n) is 10.1. The monoisotopic (exact) mass is 652 g/mol. The number of hydrogen-bond acceptors (Lipinski definition) is 4. The minimum absolute atomic E-state index is 0.837. The summed E-state index contributed by atoms with van der Waals surface area (Å²) in [7, 11) is 3.42. The van der Waals surface area contributed by atoms with Gasteiger partial charge in [0.15, 0.2) is 0 Å². The van der Waals surface area contributed by atoms with Crippen molar-refractivity contribution >= 4 is 66.4 Å². The molecule has 0 aliphatic carbocycles. The summed E-state index contributed by atoms with van der Waals surface area (Å²) in [6.45, 7) is 8.79. The maximum Gasteiger partial charge on any atom is 0.119 e. The van der Waals surface area contributed by atoms with Gasteiger partial charge in [-0.15, -0.1) is 0 Å². The van der Waals surface area contributed by atoms with Gasteiger partial charge in [0.1, 0.15) is 11.5 Å². The van der Waals surface area contributed by atoms with E-state index in [0.717, 1.165) is 34.2 Å². The second-order valence-electron chi connectivity index (χ2n) is 13.1. The Morgan fingerprint density at radius 2 is 0.720 bits per heavy atom. The number of hydrogen-bond donors (Lipinski definition) is 0. The second-order valence-corrected chi connectivity index (χ2v) is 13.1. The topological polar surface area (TPSA) is 24.9 Å². The molecule has 0 spiro atoms. The Hall–Kier alpha value is -6.00. The van der Waals surface area contributed by atoms with Gasteiger partial charge >= 0.3 is 0 Å². The number of anilines is 6. The molecule has 0 heterocycles. The van der Waals surface area contributed by atoms with Gasteiger partial charge in [-0.2, -0.15) is 0 Å². The average molecular weight is 653 g/mol. The molecular formula is C46H40N2O2. The predicted octanol–water partition coefficient (Wildman–Crippen LogP) is 12.8. The lowest BCUT2D eigenvalue weighted by atomic mass is 9.91. The molecular weight excluding hydrogens is 613 g/mol. The summed E-state index contributed by atoms with van der Waals surface area (Å²) in [5.74, 6) is 1.67. The fourth-order valence-corrected chi connectivity index (χ4v) is 7.72. The minimum Gasteiger partial charge on any atom is -0.497 e. The van der Waals surface area contributed by atoms with Crippen molar-refractivity contribution in [2.45, 2.75) is 27.7 Å². The van der Waals surface area contributed by atoms with Gasteiger partial charge in [-0.1, -0.05) is 72.8 Å². The van der Waals surface area contributed by atoms with Gasteiger partial charge in [0.05, 0.1) is 37.0 Å². The van der Waals surface area contributed by atoms with Crippen LogP contribution in [0.3, 0.4) is 0 Å². The maximum atomic E-state index is 5.55. The molecule has 0 radical (unpaired) electrons. The molecule has 0 aromatic heterocycles. The van der Waals surface area contributed by atoms with Crippen molar-refractivity contribution in [1.29, 1.82) is 0 Å². The van der Waals surface area contributed by atoms with Crippen molar-refractivity contribution in [2.75, 3.05) is 24.0 Å². The summed E-state index contributed by atoms with van der Waals surface area (Å²) in [5.41, 5.74) is 11.7. The van der Waals surface area contributed by atoms with Crippen LogP contribution in [0.25, 0.3) is 32.3 Å². The van der Waals surface area contributed by atoms with E-state index < -0.39 is 0 Å².